The molecule has 0 spiro atoms. The Morgan fingerprint density at radius 3 is 2.09 bits per heavy atom. The number of benzene rings is 3. The highest BCUT2D eigenvalue weighted by Crippen LogP contribution is 2.28. The van der Waals surface area contributed by atoms with Gasteiger partial charge in [0.15, 0.2) is 12.2 Å². The fourth-order valence-electron chi connectivity index (χ4n) is 3.76. The Balaban J connectivity index is 1.45. The van der Waals surface area contributed by atoms with Crippen LogP contribution in [0.1, 0.15) is 5.56 Å². The number of ether oxygens (including phenoxy) is 2. The second-order valence-electron chi connectivity index (χ2n) is 7.78. The molecule has 174 valence electrons. The molecule has 1 saturated heterocycles. The Bertz CT molecular complexity index is 1150. The van der Waals surface area contributed by atoms with E-state index >= 15 is 0 Å². The lowest BCUT2D eigenvalue weighted by molar-refractivity contribution is -0.144. The molecule has 1 fully saturated rings. The highest BCUT2D eigenvalue weighted by Gasteiger charge is 2.41. The van der Waals surface area contributed by atoms with Gasteiger partial charge in [0.05, 0.1) is 0 Å². The molecule has 1 aliphatic rings. The third kappa shape index (κ3) is 5.48. The molecule has 34 heavy (non-hydrogen) atoms. The van der Waals surface area contributed by atoms with Crippen molar-refractivity contribution in [2.24, 2.45) is 0 Å². The summed E-state index contributed by atoms with van der Waals surface area (Å²) in [4.78, 5) is 37.6. The molecule has 0 aliphatic carbocycles. The Hall–Kier alpha value is -4.01. The third-order valence-electron chi connectivity index (χ3n) is 5.45. The molecule has 8 heteroatoms. The summed E-state index contributed by atoms with van der Waals surface area (Å²) in [5.74, 6) is -2.47. The summed E-state index contributed by atoms with van der Waals surface area (Å²) in [6.07, 6.45) is -2.41. The van der Waals surface area contributed by atoms with Crippen LogP contribution in [0.15, 0.2) is 84.9 Å². The van der Waals surface area contributed by atoms with Crippen molar-refractivity contribution in [3.63, 3.8) is 0 Å². The van der Waals surface area contributed by atoms with Crippen molar-refractivity contribution in [2.75, 3.05) is 12.1 Å². The lowest BCUT2D eigenvalue weighted by Crippen LogP contribution is -2.51. The lowest BCUT2D eigenvalue weighted by Gasteiger charge is -2.20. The molecule has 1 heterocycles. The fraction of sp³-hybridized carbons (Fsp3) is 0.192. The number of hydrogen-bond donors (Lipinski definition) is 3. The van der Waals surface area contributed by atoms with E-state index in [9.17, 15) is 19.5 Å². The van der Waals surface area contributed by atoms with Gasteiger partial charge in [0.2, 0.25) is 0 Å². The van der Waals surface area contributed by atoms with Crippen molar-refractivity contribution >= 4 is 23.5 Å². The van der Waals surface area contributed by atoms with Crippen molar-refractivity contribution in [3.8, 4) is 11.1 Å². The molecule has 0 radical (unpaired) electrons. The summed E-state index contributed by atoms with van der Waals surface area (Å²) in [6, 6.07) is 24.6. The van der Waals surface area contributed by atoms with Gasteiger partial charge in [-0.25, -0.2) is 4.79 Å². The van der Waals surface area contributed by atoms with E-state index < -0.39 is 36.0 Å². The molecule has 3 aromatic carbocycles. The van der Waals surface area contributed by atoms with Crippen molar-refractivity contribution in [3.05, 3.63) is 90.5 Å². The van der Waals surface area contributed by atoms with Gasteiger partial charge >= 0.3 is 5.97 Å². The topological polar surface area (TPSA) is 114 Å². The van der Waals surface area contributed by atoms with Crippen LogP contribution in [0.4, 0.5) is 5.69 Å². The average molecular weight is 460 g/mol. The molecule has 0 aromatic heterocycles. The van der Waals surface area contributed by atoms with Crippen molar-refractivity contribution < 1.29 is 29.0 Å². The van der Waals surface area contributed by atoms with Gasteiger partial charge in [-0.3, -0.25) is 9.59 Å². The predicted octanol–water partition coefficient (Wildman–Crippen LogP) is 2.85. The SMILES string of the molecule is O=C(O)[C@H](Cc1ccccc1)NC(=O)[C@@H]1OCO[C@H]1C(=O)Nc1ccccc1-c1ccccc1. The molecule has 0 saturated carbocycles. The van der Waals surface area contributed by atoms with Gasteiger partial charge in [-0.2, -0.15) is 0 Å². The van der Waals surface area contributed by atoms with Crippen LogP contribution in [0.5, 0.6) is 0 Å². The van der Waals surface area contributed by atoms with Crippen molar-refractivity contribution in [1.29, 1.82) is 0 Å². The van der Waals surface area contributed by atoms with Gasteiger partial charge < -0.3 is 25.2 Å². The first-order valence-electron chi connectivity index (χ1n) is 10.8. The zero-order valence-corrected chi connectivity index (χ0v) is 18.2. The lowest BCUT2D eigenvalue weighted by atomic mass is 10.0. The predicted molar refractivity (Wildman–Crippen MR) is 125 cm³/mol. The standard InChI is InChI=1S/C26H24N2O6/c29-24(27-20-14-8-7-13-19(20)18-11-5-2-6-12-18)22-23(34-16-33-22)25(30)28-21(26(31)32)15-17-9-3-1-4-10-17/h1-14,21-23H,15-16H2,(H,27,29)(H,28,30)(H,31,32)/t21-,22+,23+/m0/s1. The van der Waals surface area contributed by atoms with Gasteiger partial charge in [0, 0.05) is 17.7 Å². The van der Waals surface area contributed by atoms with Gasteiger partial charge in [-0.05, 0) is 17.2 Å². The van der Waals surface area contributed by atoms with E-state index in [-0.39, 0.29) is 13.2 Å². The first kappa shape index (κ1) is 23.2. The minimum absolute atomic E-state index is 0.0941. The number of aliphatic carboxylic acids is 1. The number of carboxylic acid groups (broad SMARTS) is 1. The van der Waals surface area contributed by atoms with Crippen LogP contribution in [0, 0.1) is 0 Å². The van der Waals surface area contributed by atoms with E-state index in [1.807, 2.05) is 48.5 Å². The maximum absolute atomic E-state index is 13.0. The number of amides is 2. The van der Waals surface area contributed by atoms with Gasteiger partial charge in [0.1, 0.15) is 12.8 Å². The Kier molecular flexibility index (Phi) is 7.31. The molecule has 3 atom stereocenters. The molecular formula is C26H24N2O6. The Morgan fingerprint density at radius 1 is 0.824 bits per heavy atom. The van der Waals surface area contributed by atoms with E-state index in [2.05, 4.69) is 10.6 Å². The number of rotatable bonds is 8. The van der Waals surface area contributed by atoms with Crippen LogP contribution in [0.2, 0.25) is 0 Å². The summed E-state index contributed by atoms with van der Waals surface area (Å²) in [5.41, 5.74) is 3.04. The second-order valence-corrected chi connectivity index (χ2v) is 7.78. The molecule has 4 rings (SSSR count). The monoisotopic (exact) mass is 460 g/mol. The Labute approximate surface area is 196 Å². The van der Waals surface area contributed by atoms with Crippen LogP contribution >= 0.6 is 0 Å². The maximum atomic E-state index is 13.0. The van der Waals surface area contributed by atoms with Crippen LogP contribution in [0.25, 0.3) is 11.1 Å². The summed E-state index contributed by atoms with van der Waals surface area (Å²) in [7, 11) is 0. The van der Waals surface area contributed by atoms with E-state index in [1.54, 1.807) is 36.4 Å². The highest BCUT2D eigenvalue weighted by molar-refractivity contribution is 6.01. The maximum Gasteiger partial charge on any atom is 0.326 e. The highest BCUT2D eigenvalue weighted by atomic mass is 16.7. The van der Waals surface area contributed by atoms with Crippen LogP contribution in [-0.2, 0) is 30.3 Å². The number of carbonyl (C=O) groups is 3. The quantitative estimate of drug-likeness (QED) is 0.476. The largest absolute Gasteiger partial charge is 0.480 e. The van der Waals surface area contributed by atoms with Gasteiger partial charge in [-0.1, -0.05) is 78.9 Å². The molecule has 2 amide bonds. The van der Waals surface area contributed by atoms with Gasteiger partial charge in [0.25, 0.3) is 11.8 Å². The number of carbonyl (C=O) groups excluding carboxylic acids is 2. The Morgan fingerprint density at radius 2 is 1.41 bits per heavy atom. The number of hydrogen-bond acceptors (Lipinski definition) is 5. The second kappa shape index (κ2) is 10.7. The summed E-state index contributed by atoms with van der Waals surface area (Å²) in [6.45, 7) is -0.257. The van der Waals surface area contributed by atoms with E-state index in [1.165, 1.54) is 0 Å². The average Bonchev–Trinajstić information content (AvgIpc) is 3.35. The zero-order valence-electron chi connectivity index (χ0n) is 18.2. The number of nitrogens with one attached hydrogen (secondary N) is 2. The molecule has 3 aromatic rings. The van der Waals surface area contributed by atoms with E-state index in [4.69, 9.17) is 9.47 Å². The molecule has 0 bridgehead atoms. The summed E-state index contributed by atoms with van der Waals surface area (Å²) < 4.78 is 10.7. The summed E-state index contributed by atoms with van der Waals surface area (Å²) in [5, 5.41) is 14.8. The molecule has 1 aliphatic heterocycles. The zero-order chi connectivity index (χ0) is 23.9. The minimum Gasteiger partial charge on any atom is -0.480 e. The first-order valence-corrected chi connectivity index (χ1v) is 10.8. The number of anilines is 1. The van der Waals surface area contributed by atoms with Crippen LogP contribution in [-0.4, -0.2) is 47.9 Å². The fourth-order valence-corrected chi connectivity index (χ4v) is 3.76. The smallest absolute Gasteiger partial charge is 0.326 e. The molecule has 0 unspecified atom stereocenters. The minimum atomic E-state index is -1.28. The normalized spacial score (nSPS) is 18.1. The van der Waals surface area contributed by atoms with Gasteiger partial charge in [-0.15, -0.1) is 0 Å². The number of carboxylic acids is 1. The molecule has 3 N–H and O–H groups in total. The van der Waals surface area contributed by atoms with E-state index in [0.29, 0.717) is 5.69 Å². The first-order chi connectivity index (χ1) is 16.5. The van der Waals surface area contributed by atoms with Crippen molar-refractivity contribution in [2.45, 2.75) is 24.7 Å². The molecular weight excluding hydrogens is 436 g/mol. The number of para-hydroxylation sites is 1. The van der Waals surface area contributed by atoms with E-state index in [0.717, 1.165) is 16.7 Å². The van der Waals surface area contributed by atoms with Crippen LogP contribution in [0.3, 0.4) is 0 Å². The van der Waals surface area contributed by atoms with Crippen LogP contribution < -0.4 is 10.6 Å². The van der Waals surface area contributed by atoms with Crippen molar-refractivity contribution in [1.82, 2.24) is 5.32 Å². The summed E-state index contributed by atoms with van der Waals surface area (Å²) >= 11 is 0. The third-order valence-corrected chi connectivity index (χ3v) is 5.45. The molecule has 8 nitrogen and oxygen atoms in total.